The molecule has 72 valence electrons. The molecule has 0 bridgehead atoms. The van der Waals surface area contributed by atoms with Gasteiger partial charge >= 0.3 is 0 Å². The second-order valence-corrected chi connectivity index (χ2v) is 5.95. The summed E-state index contributed by atoms with van der Waals surface area (Å²) in [6.45, 7) is 1.26. The van der Waals surface area contributed by atoms with Crippen molar-refractivity contribution < 1.29 is 8.95 Å². The van der Waals surface area contributed by atoms with Crippen LogP contribution in [0.2, 0.25) is 0 Å². The monoisotopic (exact) mass is 218 g/mol. The van der Waals surface area contributed by atoms with Gasteiger partial charge in [0.25, 0.3) is 0 Å². The van der Waals surface area contributed by atoms with Crippen LogP contribution in [0.15, 0.2) is 10.3 Å². The largest absolute Gasteiger partial charge is 0.376 e. The van der Waals surface area contributed by atoms with Gasteiger partial charge in [-0.25, -0.2) is 14.1 Å². The Morgan fingerprint density at radius 2 is 2.46 bits per heavy atom. The average molecular weight is 218 g/mol. The maximum atomic E-state index is 11.2. The highest BCUT2D eigenvalue weighted by molar-refractivity contribution is 7.92. The highest BCUT2D eigenvalue weighted by Crippen LogP contribution is 2.29. The fourth-order valence-corrected chi connectivity index (χ4v) is 3.26. The van der Waals surface area contributed by atoms with E-state index in [1.807, 2.05) is 0 Å². The normalized spacial score (nSPS) is 20.7. The number of thiophene rings is 1. The second kappa shape index (κ2) is 3.06. The van der Waals surface area contributed by atoms with E-state index in [0.717, 1.165) is 16.9 Å². The first-order valence-electron chi connectivity index (χ1n) is 3.83. The smallest absolute Gasteiger partial charge is 0.141 e. The molecule has 1 aromatic rings. The molecule has 0 saturated heterocycles. The van der Waals surface area contributed by atoms with Crippen LogP contribution in [-0.2, 0) is 27.7 Å². The Balaban J connectivity index is 2.47. The maximum Gasteiger partial charge on any atom is 0.141 e. The van der Waals surface area contributed by atoms with Gasteiger partial charge in [0, 0.05) is 11.3 Å². The van der Waals surface area contributed by atoms with E-state index in [1.54, 1.807) is 6.07 Å². The predicted octanol–water partition coefficient (Wildman–Crippen LogP) is 1.10. The standard InChI is InChI=1S/C7H10N2O2S2/c8-13(9,10)7-3-5-4-11-2-1-6(5)12-7/h3H,1-2,4H2,(H3,8,9,10). The van der Waals surface area contributed by atoms with E-state index < -0.39 is 9.92 Å². The molecule has 13 heavy (non-hydrogen) atoms. The lowest BCUT2D eigenvalue weighted by Crippen LogP contribution is -2.08. The van der Waals surface area contributed by atoms with Crippen molar-refractivity contribution in [3.63, 3.8) is 0 Å². The molecule has 2 heterocycles. The van der Waals surface area contributed by atoms with Crippen molar-refractivity contribution >= 4 is 21.3 Å². The van der Waals surface area contributed by atoms with Crippen molar-refractivity contribution in [1.29, 1.82) is 4.78 Å². The second-order valence-electron chi connectivity index (χ2n) is 2.92. The number of ether oxygens (including phenoxy) is 1. The van der Waals surface area contributed by atoms with Crippen LogP contribution < -0.4 is 5.14 Å². The SMILES string of the molecule is N=S(N)(=O)c1cc2c(s1)CCOC2. The highest BCUT2D eigenvalue weighted by Gasteiger charge is 2.16. The first-order valence-corrected chi connectivity index (χ1v) is 6.27. The number of rotatable bonds is 1. The zero-order chi connectivity index (χ0) is 9.47. The third-order valence-corrected chi connectivity index (χ3v) is 4.64. The van der Waals surface area contributed by atoms with Gasteiger partial charge in [-0.1, -0.05) is 0 Å². The fraction of sp³-hybridized carbons (Fsp3) is 0.429. The van der Waals surface area contributed by atoms with Crippen LogP contribution in [-0.4, -0.2) is 10.8 Å². The first-order chi connectivity index (χ1) is 6.07. The molecular formula is C7H10N2O2S2. The first kappa shape index (κ1) is 9.14. The lowest BCUT2D eigenvalue weighted by molar-refractivity contribution is 0.112. The van der Waals surface area contributed by atoms with Gasteiger partial charge in [-0.3, -0.25) is 0 Å². The van der Waals surface area contributed by atoms with E-state index in [9.17, 15) is 4.21 Å². The molecule has 3 N–H and O–H groups in total. The molecule has 1 aliphatic rings. The van der Waals surface area contributed by atoms with E-state index >= 15 is 0 Å². The van der Waals surface area contributed by atoms with Crippen LogP contribution in [0.25, 0.3) is 0 Å². The van der Waals surface area contributed by atoms with Crippen LogP contribution in [0, 0.1) is 4.78 Å². The summed E-state index contributed by atoms with van der Waals surface area (Å²) in [4.78, 5) is 1.16. The van der Waals surface area contributed by atoms with Gasteiger partial charge in [0.15, 0.2) is 0 Å². The van der Waals surface area contributed by atoms with E-state index in [-0.39, 0.29) is 0 Å². The summed E-state index contributed by atoms with van der Waals surface area (Å²) in [5.74, 6) is 0. The summed E-state index contributed by atoms with van der Waals surface area (Å²) in [5.41, 5.74) is 1.04. The minimum atomic E-state index is -3.03. The van der Waals surface area contributed by atoms with Crippen LogP contribution >= 0.6 is 11.3 Å². The van der Waals surface area contributed by atoms with Gasteiger partial charge in [-0.05, 0) is 11.6 Å². The molecule has 0 spiro atoms. The highest BCUT2D eigenvalue weighted by atomic mass is 32.2. The van der Waals surface area contributed by atoms with Gasteiger partial charge < -0.3 is 4.74 Å². The summed E-state index contributed by atoms with van der Waals surface area (Å²) < 4.78 is 24.1. The topological polar surface area (TPSA) is 76.2 Å². The van der Waals surface area contributed by atoms with Crippen molar-refractivity contribution in [3.05, 3.63) is 16.5 Å². The molecule has 0 aliphatic carbocycles. The number of hydrogen-bond acceptors (Lipinski definition) is 4. The van der Waals surface area contributed by atoms with Crippen LogP contribution in [0.4, 0.5) is 0 Å². The Morgan fingerprint density at radius 1 is 1.69 bits per heavy atom. The minimum absolute atomic E-state index is 0.461. The number of hydrogen-bond donors (Lipinski definition) is 2. The van der Waals surface area contributed by atoms with Gasteiger partial charge in [-0.2, -0.15) is 0 Å². The molecule has 1 aromatic heterocycles. The molecular weight excluding hydrogens is 208 g/mol. The third-order valence-electron chi connectivity index (χ3n) is 1.90. The molecule has 4 nitrogen and oxygen atoms in total. The Morgan fingerprint density at radius 3 is 3.08 bits per heavy atom. The van der Waals surface area contributed by atoms with Crippen molar-refractivity contribution in [3.8, 4) is 0 Å². The summed E-state index contributed by atoms with van der Waals surface area (Å²) >= 11 is 1.37. The summed E-state index contributed by atoms with van der Waals surface area (Å²) in [5, 5.41) is 5.23. The van der Waals surface area contributed by atoms with E-state index in [1.165, 1.54) is 11.3 Å². The quantitative estimate of drug-likeness (QED) is 0.740. The molecule has 0 aromatic carbocycles. The molecule has 0 fully saturated rings. The Hall–Kier alpha value is -0.430. The van der Waals surface area contributed by atoms with Crippen LogP contribution in [0.1, 0.15) is 10.4 Å². The molecule has 1 atom stereocenters. The van der Waals surface area contributed by atoms with Gasteiger partial charge in [0.05, 0.1) is 13.2 Å². The molecule has 0 radical (unpaired) electrons. The molecule has 6 heteroatoms. The molecule has 0 amide bonds. The van der Waals surface area contributed by atoms with E-state index in [4.69, 9.17) is 14.7 Å². The van der Waals surface area contributed by atoms with Crippen molar-refractivity contribution in [1.82, 2.24) is 0 Å². The Kier molecular flexibility index (Phi) is 2.15. The summed E-state index contributed by atoms with van der Waals surface area (Å²) in [6, 6.07) is 1.73. The van der Waals surface area contributed by atoms with E-state index in [2.05, 4.69) is 0 Å². The molecule has 1 unspecified atom stereocenters. The van der Waals surface area contributed by atoms with Crippen molar-refractivity contribution in [2.75, 3.05) is 6.61 Å². The average Bonchev–Trinajstić information content (AvgIpc) is 2.45. The zero-order valence-corrected chi connectivity index (χ0v) is 8.54. The maximum absolute atomic E-state index is 11.2. The van der Waals surface area contributed by atoms with Gasteiger partial charge in [-0.15, -0.1) is 11.3 Å². The lowest BCUT2D eigenvalue weighted by Gasteiger charge is -2.10. The summed E-state index contributed by atoms with van der Waals surface area (Å²) in [7, 11) is -3.03. The molecule has 1 aliphatic heterocycles. The van der Waals surface area contributed by atoms with Crippen LogP contribution in [0.5, 0.6) is 0 Å². The number of fused-ring (bicyclic) bond motifs is 1. The van der Waals surface area contributed by atoms with E-state index in [0.29, 0.717) is 17.4 Å². The number of nitrogens with one attached hydrogen (secondary N) is 1. The van der Waals surface area contributed by atoms with Crippen molar-refractivity contribution in [2.45, 2.75) is 17.2 Å². The lowest BCUT2D eigenvalue weighted by atomic mass is 10.2. The molecule has 0 saturated carbocycles. The number of nitrogens with two attached hydrogens (primary N) is 1. The zero-order valence-electron chi connectivity index (χ0n) is 6.91. The Bertz CT molecular complexity index is 398. The van der Waals surface area contributed by atoms with Gasteiger partial charge in [0.1, 0.15) is 14.1 Å². The predicted molar refractivity (Wildman–Crippen MR) is 51.0 cm³/mol. The van der Waals surface area contributed by atoms with Gasteiger partial charge in [0.2, 0.25) is 0 Å². The van der Waals surface area contributed by atoms with Crippen LogP contribution in [0.3, 0.4) is 0 Å². The van der Waals surface area contributed by atoms with Crippen molar-refractivity contribution in [2.24, 2.45) is 5.14 Å². The Labute approximate surface area is 80.8 Å². The fourth-order valence-electron chi connectivity index (χ4n) is 1.27. The molecule has 2 rings (SSSR count). The third kappa shape index (κ3) is 1.76. The summed E-state index contributed by atoms with van der Waals surface area (Å²) in [6.07, 6.45) is 0.843. The minimum Gasteiger partial charge on any atom is -0.376 e.